The highest BCUT2D eigenvalue weighted by Crippen LogP contribution is 2.21. The zero-order valence-corrected chi connectivity index (χ0v) is 11.2. The van der Waals surface area contributed by atoms with Gasteiger partial charge in [0.15, 0.2) is 0 Å². The summed E-state index contributed by atoms with van der Waals surface area (Å²) in [5.74, 6) is 1.20. The van der Waals surface area contributed by atoms with E-state index in [1.807, 2.05) is 43.3 Å². The molecule has 19 heavy (non-hydrogen) atoms. The van der Waals surface area contributed by atoms with E-state index in [0.717, 1.165) is 11.4 Å². The van der Waals surface area contributed by atoms with Crippen LogP contribution in [-0.4, -0.2) is 31.2 Å². The highest BCUT2D eigenvalue weighted by atomic mass is 16.5. The van der Waals surface area contributed by atoms with Crippen LogP contribution in [0.5, 0.6) is 5.88 Å². The van der Waals surface area contributed by atoms with Crippen LogP contribution in [0.1, 0.15) is 0 Å². The maximum absolute atomic E-state index is 5.60. The van der Waals surface area contributed by atoms with Crippen LogP contribution in [0.3, 0.4) is 0 Å². The van der Waals surface area contributed by atoms with Crippen LogP contribution in [0, 0.1) is 0 Å². The van der Waals surface area contributed by atoms with Gasteiger partial charge in [0, 0.05) is 31.5 Å². The monoisotopic (exact) mass is 259 g/mol. The smallest absolute Gasteiger partial charge is 0.225 e. The maximum Gasteiger partial charge on any atom is 0.225 e. The van der Waals surface area contributed by atoms with Gasteiger partial charge in [-0.1, -0.05) is 0 Å². The zero-order valence-electron chi connectivity index (χ0n) is 11.2. The highest BCUT2D eigenvalue weighted by molar-refractivity contribution is 5.61. The van der Waals surface area contributed by atoms with Gasteiger partial charge < -0.3 is 20.7 Å². The molecule has 0 aliphatic carbocycles. The van der Waals surface area contributed by atoms with Crippen molar-refractivity contribution in [2.24, 2.45) is 0 Å². The fraction of sp³-hybridized carbons (Fsp3) is 0.231. The van der Waals surface area contributed by atoms with Crippen molar-refractivity contribution < 1.29 is 4.74 Å². The van der Waals surface area contributed by atoms with Gasteiger partial charge in [-0.3, -0.25) is 0 Å². The Morgan fingerprint density at radius 1 is 1.16 bits per heavy atom. The second-order valence-corrected chi connectivity index (χ2v) is 4.22. The van der Waals surface area contributed by atoms with E-state index in [0.29, 0.717) is 11.7 Å². The highest BCUT2D eigenvalue weighted by Gasteiger charge is 2.03. The molecule has 1 aromatic heterocycles. The Balaban J connectivity index is 2.18. The first-order valence-electron chi connectivity index (χ1n) is 5.81. The molecule has 0 bridgehead atoms. The number of anilines is 4. The molecule has 1 aromatic carbocycles. The van der Waals surface area contributed by atoms with E-state index >= 15 is 0 Å². The summed E-state index contributed by atoms with van der Waals surface area (Å²) in [7, 11) is 5.54. The Morgan fingerprint density at radius 2 is 1.84 bits per heavy atom. The lowest BCUT2D eigenvalue weighted by molar-refractivity contribution is 0.398. The van der Waals surface area contributed by atoms with E-state index in [1.165, 1.54) is 7.11 Å². The standard InChI is InChI=1S/C13H17N5O/c1-18(2)10-6-4-9(5-7-10)15-11-8-12(19-3)17-13(14)16-11/h4-8H,1-3H3,(H3,14,15,16,17). The molecule has 0 saturated carbocycles. The van der Waals surface area contributed by atoms with Crippen LogP contribution in [0.2, 0.25) is 0 Å². The minimum absolute atomic E-state index is 0.173. The normalized spacial score (nSPS) is 10.1. The summed E-state index contributed by atoms with van der Waals surface area (Å²) < 4.78 is 5.05. The second kappa shape index (κ2) is 5.43. The first kappa shape index (κ1) is 12.9. The molecule has 6 heteroatoms. The topological polar surface area (TPSA) is 76.3 Å². The number of aromatic nitrogens is 2. The zero-order chi connectivity index (χ0) is 13.8. The first-order valence-corrected chi connectivity index (χ1v) is 5.81. The molecule has 0 aliphatic heterocycles. The lowest BCUT2D eigenvalue weighted by Gasteiger charge is -2.13. The fourth-order valence-corrected chi connectivity index (χ4v) is 1.60. The molecule has 0 radical (unpaired) electrons. The van der Waals surface area contributed by atoms with Crippen molar-refractivity contribution in [3.05, 3.63) is 30.3 Å². The van der Waals surface area contributed by atoms with Crippen LogP contribution in [0.15, 0.2) is 30.3 Å². The van der Waals surface area contributed by atoms with Gasteiger partial charge in [-0.25, -0.2) is 0 Å². The van der Waals surface area contributed by atoms with Crippen LogP contribution >= 0.6 is 0 Å². The number of methoxy groups -OCH3 is 1. The molecule has 1 heterocycles. The second-order valence-electron chi connectivity index (χ2n) is 4.22. The molecular formula is C13H17N5O. The largest absolute Gasteiger partial charge is 0.481 e. The Hall–Kier alpha value is -2.50. The maximum atomic E-state index is 5.60. The average Bonchev–Trinajstić information content (AvgIpc) is 2.38. The van der Waals surface area contributed by atoms with Gasteiger partial charge in [-0.05, 0) is 24.3 Å². The van der Waals surface area contributed by atoms with Crippen LogP contribution < -0.4 is 20.7 Å². The van der Waals surface area contributed by atoms with Gasteiger partial charge >= 0.3 is 0 Å². The molecule has 0 fully saturated rings. The summed E-state index contributed by atoms with van der Waals surface area (Å²) in [4.78, 5) is 10.1. The number of ether oxygens (including phenoxy) is 1. The summed E-state index contributed by atoms with van der Waals surface area (Å²) >= 11 is 0. The van der Waals surface area contributed by atoms with Crippen molar-refractivity contribution in [2.75, 3.05) is 37.2 Å². The quantitative estimate of drug-likeness (QED) is 0.873. The van der Waals surface area contributed by atoms with E-state index < -0.39 is 0 Å². The SMILES string of the molecule is COc1cc(Nc2ccc(N(C)C)cc2)nc(N)n1. The molecule has 2 aromatic rings. The fourth-order valence-electron chi connectivity index (χ4n) is 1.60. The summed E-state index contributed by atoms with van der Waals surface area (Å²) in [5.41, 5.74) is 7.66. The molecular weight excluding hydrogens is 242 g/mol. The predicted octanol–water partition coefficient (Wildman–Crippen LogP) is 1.88. The molecule has 0 spiro atoms. The summed E-state index contributed by atoms with van der Waals surface area (Å²) in [6, 6.07) is 9.67. The molecule has 0 atom stereocenters. The number of nitrogens with two attached hydrogens (primary N) is 1. The number of hydrogen-bond donors (Lipinski definition) is 2. The molecule has 2 rings (SSSR count). The van der Waals surface area contributed by atoms with Crippen molar-refractivity contribution in [1.29, 1.82) is 0 Å². The first-order chi connectivity index (χ1) is 9.08. The Morgan fingerprint density at radius 3 is 2.42 bits per heavy atom. The van der Waals surface area contributed by atoms with Gasteiger partial charge in [-0.2, -0.15) is 9.97 Å². The third-order valence-electron chi connectivity index (χ3n) is 2.59. The van der Waals surface area contributed by atoms with Gasteiger partial charge in [0.25, 0.3) is 0 Å². The summed E-state index contributed by atoms with van der Waals surface area (Å²) in [6.07, 6.45) is 0. The minimum atomic E-state index is 0.173. The van der Waals surface area contributed by atoms with Crippen molar-refractivity contribution in [2.45, 2.75) is 0 Å². The number of rotatable bonds is 4. The number of nitrogens with zero attached hydrogens (tertiary/aromatic N) is 3. The number of hydrogen-bond acceptors (Lipinski definition) is 6. The Labute approximate surface area is 112 Å². The molecule has 0 unspecified atom stereocenters. The summed E-state index contributed by atoms with van der Waals surface area (Å²) in [5, 5.41) is 3.16. The lowest BCUT2D eigenvalue weighted by atomic mass is 10.2. The number of benzene rings is 1. The number of nitrogens with one attached hydrogen (secondary N) is 1. The Bertz CT molecular complexity index is 553. The van der Waals surface area contributed by atoms with Crippen molar-refractivity contribution >= 4 is 23.1 Å². The Kier molecular flexibility index (Phi) is 3.70. The lowest BCUT2D eigenvalue weighted by Crippen LogP contribution is -2.08. The van der Waals surface area contributed by atoms with Crippen molar-refractivity contribution in [3.8, 4) is 5.88 Å². The molecule has 6 nitrogen and oxygen atoms in total. The number of nitrogen functional groups attached to an aromatic ring is 1. The third kappa shape index (κ3) is 3.25. The van der Waals surface area contributed by atoms with Crippen molar-refractivity contribution in [1.82, 2.24) is 9.97 Å². The predicted molar refractivity (Wildman–Crippen MR) is 77.0 cm³/mol. The van der Waals surface area contributed by atoms with Crippen LogP contribution in [0.4, 0.5) is 23.1 Å². The minimum Gasteiger partial charge on any atom is -0.481 e. The third-order valence-corrected chi connectivity index (χ3v) is 2.59. The summed E-state index contributed by atoms with van der Waals surface area (Å²) in [6.45, 7) is 0. The molecule has 100 valence electrons. The van der Waals surface area contributed by atoms with E-state index in [9.17, 15) is 0 Å². The van der Waals surface area contributed by atoms with Gasteiger partial charge in [0.2, 0.25) is 11.8 Å². The molecule has 0 amide bonds. The van der Waals surface area contributed by atoms with Crippen molar-refractivity contribution in [3.63, 3.8) is 0 Å². The molecule has 0 aliphatic rings. The van der Waals surface area contributed by atoms with E-state index in [1.54, 1.807) is 6.07 Å². The molecule has 3 N–H and O–H groups in total. The molecule has 0 saturated heterocycles. The van der Waals surface area contributed by atoms with Gasteiger partial charge in [0.05, 0.1) is 7.11 Å². The van der Waals surface area contributed by atoms with E-state index in [4.69, 9.17) is 10.5 Å². The van der Waals surface area contributed by atoms with Gasteiger partial charge in [0.1, 0.15) is 5.82 Å². The van der Waals surface area contributed by atoms with E-state index in [-0.39, 0.29) is 5.95 Å². The van der Waals surface area contributed by atoms with Gasteiger partial charge in [-0.15, -0.1) is 0 Å². The van der Waals surface area contributed by atoms with E-state index in [2.05, 4.69) is 15.3 Å². The van der Waals surface area contributed by atoms with Crippen LogP contribution in [0.25, 0.3) is 0 Å². The van der Waals surface area contributed by atoms with Crippen LogP contribution in [-0.2, 0) is 0 Å². The average molecular weight is 259 g/mol.